The quantitative estimate of drug-likeness (QED) is 0.193. The van der Waals surface area contributed by atoms with E-state index < -0.39 is 57.1 Å². The normalized spacial score (nSPS) is 15.2. The zero-order valence-electron chi connectivity index (χ0n) is 16.9. The Morgan fingerprint density at radius 2 is 0.838 bits per heavy atom. The van der Waals surface area contributed by atoms with Crippen LogP contribution in [0.5, 0.6) is 0 Å². The van der Waals surface area contributed by atoms with Crippen LogP contribution in [0.4, 0.5) is 74.6 Å². The highest BCUT2D eigenvalue weighted by atomic mass is 32.2. The molecule has 0 fully saturated rings. The number of thiol groups is 1. The van der Waals surface area contributed by atoms with Gasteiger partial charge in [-0.05, 0) is 19.1 Å². The molecule has 0 aliphatic carbocycles. The van der Waals surface area contributed by atoms with Gasteiger partial charge in [-0.2, -0.15) is 83.1 Å². The summed E-state index contributed by atoms with van der Waals surface area (Å²) in [5.41, 5.74) is 1.28. The van der Waals surface area contributed by atoms with Crippen LogP contribution in [-0.4, -0.2) is 59.9 Å². The molecule has 22 heteroatoms. The monoisotopic (exact) mass is 624 g/mol. The Balaban J connectivity index is 0.00000136. The molecule has 1 aromatic rings. The fraction of sp³-hybridized carbons (Fsp3) is 0.600. The summed E-state index contributed by atoms with van der Waals surface area (Å²) in [7, 11) is -7.89. The van der Waals surface area contributed by atoms with Crippen LogP contribution < -0.4 is 0 Å². The summed E-state index contributed by atoms with van der Waals surface area (Å²) < 4.78 is 242. The fourth-order valence-electron chi connectivity index (χ4n) is 1.86. The standard InChI is InChI=1S/C8HF17O3S.C7H8S/c9-1(10,3(13,14)5(17,18)7(21,22)23)2(11,12)4(15,16)6(19,20)8(24,25)29(26,27)28;1-6-2-4-7(8)5-3-6/h(H,26,27,28);2-5,8H,1H3. The van der Waals surface area contributed by atoms with Gasteiger partial charge in [-0.1, -0.05) is 17.7 Å². The minimum atomic E-state index is -8.89. The maximum Gasteiger partial charge on any atom is 0.460 e. The van der Waals surface area contributed by atoms with E-state index in [1.54, 1.807) is 0 Å². The minimum Gasteiger partial charge on any atom is -0.281 e. The summed E-state index contributed by atoms with van der Waals surface area (Å²) in [6.45, 7) is 2.06. The average molecular weight is 624 g/mol. The maximum absolute atomic E-state index is 13.0. The second kappa shape index (κ2) is 9.79. The molecule has 3 nitrogen and oxygen atoms in total. The molecule has 0 radical (unpaired) electrons. The van der Waals surface area contributed by atoms with Crippen molar-refractivity contribution >= 4 is 22.7 Å². The van der Waals surface area contributed by atoms with E-state index in [0.29, 0.717) is 0 Å². The zero-order chi connectivity index (χ0) is 30.5. The molecule has 0 aliphatic heterocycles. The smallest absolute Gasteiger partial charge is 0.281 e. The van der Waals surface area contributed by atoms with Crippen molar-refractivity contribution in [3.05, 3.63) is 29.8 Å². The Kier molecular flexibility index (Phi) is 9.34. The number of halogens is 17. The number of rotatable bonds is 7. The van der Waals surface area contributed by atoms with E-state index in [1.165, 1.54) is 5.56 Å². The summed E-state index contributed by atoms with van der Waals surface area (Å²) in [6, 6.07) is 8.06. The maximum atomic E-state index is 13.0. The van der Waals surface area contributed by atoms with Gasteiger partial charge in [0.15, 0.2) is 0 Å². The first-order valence-electron chi connectivity index (χ1n) is 8.23. The Bertz CT molecular complexity index is 1030. The van der Waals surface area contributed by atoms with E-state index in [1.807, 2.05) is 24.3 Å². The highest BCUT2D eigenvalue weighted by molar-refractivity contribution is 7.87. The van der Waals surface area contributed by atoms with Gasteiger partial charge in [0.2, 0.25) is 0 Å². The van der Waals surface area contributed by atoms with Gasteiger partial charge in [0.1, 0.15) is 0 Å². The SMILES string of the molecule is Cc1ccc(S)cc1.O=S(=O)(O)C(F)(F)C(F)(F)C(F)(F)C(F)(F)C(F)(F)C(F)(F)C(F)(F)C(F)(F)F. The lowest BCUT2D eigenvalue weighted by atomic mass is 9.91. The molecule has 1 N–H and O–H groups in total. The molecule has 0 saturated heterocycles. The summed E-state index contributed by atoms with van der Waals surface area (Å²) in [5, 5.41) is -7.84. The summed E-state index contributed by atoms with van der Waals surface area (Å²) >= 11 is 4.13. The van der Waals surface area contributed by atoms with Crippen LogP contribution in [-0.2, 0) is 10.1 Å². The van der Waals surface area contributed by atoms with Gasteiger partial charge in [-0.25, -0.2) is 0 Å². The van der Waals surface area contributed by atoms with Gasteiger partial charge >= 0.3 is 57.1 Å². The van der Waals surface area contributed by atoms with Crippen molar-refractivity contribution in [3.8, 4) is 0 Å². The molecule has 218 valence electrons. The van der Waals surface area contributed by atoms with Gasteiger partial charge in [0, 0.05) is 4.90 Å². The van der Waals surface area contributed by atoms with Crippen LogP contribution >= 0.6 is 12.6 Å². The first kappa shape index (κ1) is 35.3. The van der Waals surface area contributed by atoms with Crippen LogP contribution in [0.15, 0.2) is 29.2 Å². The highest BCUT2D eigenvalue weighted by Gasteiger charge is 2.96. The summed E-state index contributed by atoms with van der Waals surface area (Å²) in [6.07, 6.45) is -7.88. The Morgan fingerprint density at radius 1 is 0.568 bits per heavy atom. The lowest BCUT2D eigenvalue weighted by Gasteiger charge is -2.42. The van der Waals surface area contributed by atoms with Crippen molar-refractivity contribution in [1.82, 2.24) is 0 Å². The molecule has 0 aromatic heterocycles. The lowest BCUT2D eigenvalue weighted by Crippen LogP contribution is -2.74. The van der Waals surface area contributed by atoms with Crippen molar-refractivity contribution in [2.75, 3.05) is 0 Å². The Hall–Kier alpha value is -1.71. The van der Waals surface area contributed by atoms with Crippen LogP contribution in [0.2, 0.25) is 0 Å². The molecule has 0 heterocycles. The summed E-state index contributed by atoms with van der Waals surface area (Å²) in [5.74, 6) is -52.0. The van der Waals surface area contributed by atoms with Crippen LogP contribution in [0.3, 0.4) is 0 Å². The molecule has 1 rings (SSSR count). The van der Waals surface area contributed by atoms with Gasteiger partial charge in [0.25, 0.3) is 0 Å². The molecule has 0 unspecified atom stereocenters. The van der Waals surface area contributed by atoms with Gasteiger partial charge in [-0.15, -0.1) is 12.6 Å². The van der Waals surface area contributed by atoms with Gasteiger partial charge in [-0.3, -0.25) is 4.55 Å². The van der Waals surface area contributed by atoms with Gasteiger partial charge in [0.05, 0.1) is 0 Å². The van der Waals surface area contributed by atoms with E-state index >= 15 is 0 Å². The molecular weight excluding hydrogens is 615 g/mol. The predicted octanol–water partition coefficient (Wildman–Crippen LogP) is 7.12. The number of hydrogen-bond donors (Lipinski definition) is 2. The Labute approximate surface area is 199 Å². The first-order valence-corrected chi connectivity index (χ1v) is 10.1. The molecule has 37 heavy (non-hydrogen) atoms. The Morgan fingerprint density at radius 3 is 1.08 bits per heavy atom. The topological polar surface area (TPSA) is 54.4 Å². The molecule has 0 aliphatic rings. The van der Waals surface area contributed by atoms with Gasteiger partial charge < -0.3 is 0 Å². The summed E-state index contributed by atoms with van der Waals surface area (Å²) in [4.78, 5) is 1.02. The minimum absolute atomic E-state index is 1.02. The predicted molar refractivity (Wildman–Crippen MR) is 90.7 cm³/mol. The molecule has 0 atom stereocenters. The third-order valence-corrected chi connectivity index (χ3v) is 5.25. The number of alkyl halides is 17. The van der Waals surface area contributed by atoms with E-state index in [4.69, 9.17) is 4.55 Å². The van der Waals surface area contributed by atoms with Crippen LogP contribution in [0.25, 0.3) is 0 Å². The average Bonchev–Trinajstić information content (AvgIpc) is 2.68. The highest BCUT2D eigenvalue weighted by Crippen LogP contribution is 2.64. The molecule has 0 amide bonds. The van der Waals surface area contributed by atoms with E-state index in [9.17, 15) is 83.1 Å². The third kappa shape index (κ3) is 5.55. The van der Waals surface area contributed by atoms with Crippen LogP contribution in [0, 0.1) is 6.92 Å². The molecule has 0 saturated carbocycles. The first-order chi connectivity index (χ1) is 15.8. The van der Waals surface area contributed by atoms with Crippen molar-refractivity contribution in [3.63, 3.8) is 0 Å². The van der Waals surface area contributed by atoms with E-state index in [0.717, 1.165) is 4.90 Å². The number of hydrogen-bond acceptors (Lipinski definition) is 3. The van der Waals surface area contributed by atoms with Crippen molar-refractivity contribution < 1.29 is 87.6 Å². The zero-order valence-corrected chi connectivity index (χ0v) is 18.6. The molecule has 1 aromatic carbocycles. The van der Waals surface area contributed by atoms with E-state index in [-0.39, 0.29) is 0 Å². The van der Waals surface area contributed by atoms with Crippen molar-refractivity contribution in [2.45, 2.75) is 58.8 Å². The molecule has 0 bridgehead atoms. The second-order valence-electron chi connectivity index (χ2n) is 6.77. The molecular formula is C15H9F17O3S2. The number of benzene rings is 1. The van der Waals surface area contributed by atoms with Crippen LogP contribution in [0.1, 0.15) is 5.56 Å². The second-order valence-corrected chi connectivity index (χ2v) is 8.75. The largest absolute Gasteiger partial charge is 0.460 e. The lowest BCUT2D eigenvalue weighted by molar-refractivity contribution is -0.458. The van der Waals surface area contributed by atoms with E-state index in [2.05, 4.69) is 19.6 Å². The number of aryl methyl sites for hydroxylation is 1. The molecule has 0 spiro atoms. The third-order valence-electron chi connectivity index (χ3n) is 4.05. The van der Waals surface area contributed by atoms with Crippen molar-refractivity contribution in [1.29, 1.82) is 0 Å². The van der Waals surface area contributed by atoms with Crippen molar-refractivity contribution in [2.24, 2.45) is 0 Å². The fourth-order valence-corrected chi connectivity index (χ4v) is 2.46.